The lowest BCUT2D eigenvalue weighted by atomic mass is 10.00. The van der Waals surface area contributed by atoms with Crippen LogP contribution in [0, 0.1) is 0 Å². The van der Waals surface area contributed by atoms with Gasteiger partial charge in [-0.2, -0.15) is 0 Å². The lowest BCUT2D eigenvalue weighted by Crippen LogP contribution is -2.43. The maximum atomic E-state index is 12.9. The van der Waals surface area contributed by atoms with Gasteiger partial charge in [-0.15, -0.1) is 0 Å². The van der Waals surface area contributed by atoms with Gasteiger partial charge < -0.3 is 14.9 Å². The molecule has 33 heavy (non-hydrogen) atoms. The Hall–Kier alpha value is -3.36. The number of aliphatic hydroxyl groups excluding tert-OH is 1. The molecule has 1 fully saturated rings. The molecule has 0 spiro atoms. The van der Waals surface area contributed by atoms with Crippen LogP contribution in [0.15, 0.2) is 61.2 Å². The number of urea groups is 1. The van der Waals surface area contributed by atoms with E-state index in [1.165, 1.54) is 11.1 Å². The normalized spacial score (nSPS) is 17.3. The predicted octanol–water partition coefficient (Wildman–Crippen LogP) is 2.20. The zero-order valence-corrected chi connectivity index (χ0v) is 18.5. The van der Waals surface area contributed by atoms with Gasteiger partial charge in [0, 0.05) is 57.2 Å². The maximum absolute atomic E-state index is 12.9. The minimum absolute atomic E-state index is 0.0591. The van der Waals surface area contributed by atoms with Crippen LogP contribution in [0.2, 0.25) is 0 Å². The van der Waals surface area contributed by atoms with Crippen LogP contribution in [0.5, 0.6) is 0 Å². The van der Waals surface area contributed by atoms with Crippen LogP contribution < -0.4 is 0 Å². The van der Waals surface area contributed by atoms with Gasteiger partial charge in [0.25, 0.3) is 0 Å². The first-order valence-corrected chi connectivity index (χ1v) is 11.4. The van der Waals surface area contributed by atoms with E-state index in [0.29, 0.717) is 32.7 Å². The zero-order valence-electron chi connectivity index (χ0n) is 18.5. The molecule has 0 radical (unpaired) electrons. The molecular formula is C25H28N6O2. The molecule has 1 atom stereocenters. The number of nitrogens with zero attached hydrogens (tertiary/aromatic N) is 6. The summed E-state index contributed by atoms with van der Waals surface area (Å²) in [5, 5.41) is 10.7. The van der Waals surface area contributed by atoms with Gasteiger partial charge >= 0.3 is 6.03 Å². The Labute approximate surface area is 193 Å². The predicted molar refractivity (Wildman–Crippen MR) is 124 cm³/mol. The van der Waals surface area contributed by atoms with Crippen LogP contribution in [0.4, 0.5) is 4.79 Å². The zero-order chi connectivity index (χ0) is 22.6. The number of benzene rings is 1. The SMILES string of the molecule is O=C1N(Cc2cnc(-c3cccnc3)cn2)CCN1C[C@H](O)CN1CCc2ccccc2C1. The molecule has 2 aromatic heterocycles. The fraction of sp³-hybridized carbons (Fsp3) is 0.360. The quantitative estimate of drug-likeness (QED) is 0.601. The molecule has 8 heteroatoms. The van der Waals surface area contributed by atoms with Gasteiger partial charge in [-0.05, 0) is 29.7 Å². The molecule has 0 saturated carbocycles. The van der Waals surface area contributed by atoms with E-state index in [1.54, 1.807) is 34.6 Å². The van der Waals surface area contributed by atoms with Gasteiger partial charge in [0.15, 0.2) is 0 Å². The van der Waals surface area contributed by atoms with Crippen molar-refractivity contribution in [1.29, 1.82) is 0 Å². The second-order valence-corrected chi connectivity index (χ2v) is 8.69. The van der Waals surface area contributed by atoms with E-state index < -0.39 is 6.10 Å². The molecule has 4 heterocycles. The standard InChI is InChI=1S/C25H28N6O2/c32-23(17-29-9-7-19-4-1-2-5-21(19)15-29)18-31-11-10-30(25(31)33)16-22-13-28-24(14-27-22)20-6-3-8-26-12-20/h1-6,8,12-14,23,32H,7,9-11,15-18H2/t23-/m1/s1. The second-order valence-electron chi connectivity index (χ2n) is 8.69. The highest BCUT2D eigenvalue weighted by Gasteiger charge is 2.30. The fourth-order valence-electron chi connectivity index (χ4n) is 4.56. The molecule has 2 aliphatic rings. The topological polar surface area (TPSA) is 85.7 Å². The van der Waals surface area contributed by atoms with Gasteiger partial charge in [0.05, 0.1) is 36.4 Å². The van der Waals surface area contributed by atoms with E-state index in [0.717, 1.165) is 36.5 Å². The average molecular weight is 445 g/mol. The monoisotopic (exact) mass is 444 g/mol. The van der Waals surface area contributed by atoms with Crippen molar-refractivity contribution < 1.29 is 9.90 Å². The molecule has 8 nitrogen and oxygen atoms in total. The summed E-state index contributed by atoms with van der Waals surface area (Å²) in [6.45, 7) is 4.34. The minimum atomic E-state index is -0.572. The average Bonchev–Trinajstić information content (AvgIpc) is 3.18. The number of aromatic nitrogens is 3. The number of β-amino-alcohol motifs (C(OH)–C–C–N with tert-alkyl or cyclic N) is 1. The summed E-state index contributed by atoms with van der Waals surface area (Å²) in [4.78, 5) is 31.7. The number of hydrogen-bond acceptors (Lipinski definition) is 6. The van der Waals surface area contributed by atoms with E-state index in [9.17, 15) is 9.90 Å². The summed E-state index contributed by atoms with van der Waals surface area (Å²) in [5.41, 5.74) is 5.13. The summed E-state index contributed by atoms with van der Waals surface area (Å²) in [6, 6.07) is 12.2. The smallest absolute Gasteiger partial charge is 0.320 e. The highest BCUT2D eigenvalue weighted by atomic mass is 16.3. The largest absolute Gasteiger partial charge is 0.390 e. The van der Waals surface area contributed by atoms with E-state index in [-0.39, 0.29) is 6.03 Å². The Morgan fingerprint density at radius 3 is 2.55 bits per heavy atom. The number of carbonyl (C=O) groups is 1. The summed E-state index contributed by atoms with van der Waals surface area (Å²) in [6.07, 6.45) is 7.32. The highest BCUT2D eigenvalue weighted by molar-refractivity contribution is 5.76. The summed E-state index contributed by atoms with van der Waals surface area (Å²) >= 11 is 0. The summed E-state index contributed by atoms with van der Waals surface area (Å²) in [5.74, 6) is 0. The third-order valence-electron chi connectivity index (χ3n) is 6.31. The first kappa shape index (κ1) is 21.5. The summed E-state index contributed by atoms with van der Waals surface area (Å²) in [7, 11) is 0. The van der Waals surface area contributed by atoms with Gasteiger partial charge in [0.1, 0.15) is 0 Å². The molecular weight excluding hydrogens is 416 g/mol. The molecule has 5 rings (SSSR count). The molecule has 170 valence electrons. The number of hydrogen-bond donors (Lipinski definition) is 1. The Balaban J connectivity index is 1.12. The van der Waals surface area contributed by atoms with Gasteiger partial charge in [-0.25, -0.2) is 4.79 Å². The van der Waals surface area contributed by atoms with Crippen molar-refractivity contribution in [1.82, 2.24) is 29.7 Å². The summed E-state index contributed by atoms with van der Waals surface area (Å²) < 4.78 is 0. The number of rotatable bonds is 7. The Morgan fingerprint density at radius 1 is 0.909 bits per heavy atom. The van der Waals surface area contributed by atoms with Crippen molar-refractivity contribution >= 4 is 6.03 Å². The van der Waals surface area contributed by atoms with Gasteiger partial charge in [-0.3, -0.25) is 19.9 Å². The molecule has 3 aromatic rings. The number of fused-ring (bicyclic) bond motifs is 1. The molecule has 1 N–H and O–H groups in total. The second kappa shape index (κ2) is 9.64. The first-order chi connectivity index (χ1) is 16.2. The fourth-order valence-corrected chi connectivity index (χ4v) is 4.56. The van der Waals surface area contributed by atoms with Gasteiger partial charge in [0.2, 0.25) is 0 Å². The maximum Gasteiger partial charge on any atom is 0.320 e. The van der Waals surface area contributed by atoms with Gasteiger partial charge in [-0.1, -0.05) is 24.3 Å². The lowest BCUT2D eigenvalue weighted by molar-refractivity contribution is 0.0811. The molecule has 0 unspecified atom stereocenters. The lowest BCUT2D eigenvalue weighted by Gasteiger charge is -2.31. The van der Waals surface area contributed by atoms with Crippen LogP contribution in [-0.4, -0.2) is 79.6 Å². The van der Waals surface area contributed by atoms with E-state index in [1.807, 2.05) is 12.1 Å². The van der Waals surface area contributed by atoms with Crippen molar-refractivity contribution in [3.8, 4) is 11.3 Å². The molecule has 0 bridgehead atoms. The van der Waals surface area contributed by atoms with E-state index in [4.69, 9.17) is 0 Å². The number of aliphatic hydroxyl groups is 1. The number of carbonyl (C=O) groups excluding carboxylic acids is 1. The van der Waals surface area contributed by atoms with Crippen LogP contribution in [0.3, 0.4) is 0 Å². The highest BCUT2D eigenvalue weighted by Crippen LogP contribution is 2.20. The number of pyridine rings is 1. The Bertz CT molecular complexity index is 1090. The Kier molecular flexibility index (Phi) is 6.28. The third-order valence-corrected chi connectivity index (χ3v) is 6.31. The van der Waals surface area contributed by atoms with Crippen molar-refractivity contribution in [2.75, 3.05) is 32.7 Å². The first-order valence-electron chi connectivity index (χ1n) is 11.4. The van der Waals surface area contributed by atoms with Crippen LogP contribution in [0.1, 0.15) is 16.8 Å². The van der Waals surface area contributed by atoms with Crippen molar-refractivity contribution in [2.24, 2.45) is 0 Å². The van der Waals surface area contributed by atoms with E-state index >= 15 is 0 Å². The molecule has 2 amide bonds. The van der Waals surface area contributed by atoms with E-state index in [2.05, 4.69) is 44.1 Å². The van der Waals surface area contributed by atoms with Crippen LogP contribution in [-0.2, 0) is 19.5 Å². The Morgan fingerprint density at radius 2 is 1.76 bits per heavy atom. The van der Waals surface area contributed by atoms with Crippen molar-refractivity contribution in [3.63, 3.8) is 0 Å². The molecule has 1 aromatic carbocycles. The minimum Gasteiger partial charge on any atom is -0.390 e. The molecule has 2 aliphatic heterocycles. The molecule has 1 saturated heterocycles. The van der Waals surface area contributed by atoms with Crippen molar-refractivity contribution in [2.45, 2.75) is 25.6 Å². The van der Waals surface area contributed by atoms with Crippen LogP contribution in [0.25, 0.3) is 11.3 Å². The third kappa shape index (κ3) is 5.02. The molecule has 0 aliphatic carbocycles. The van der Waals surface area contributed by atoms with Crippen LogP contribution >= 0.6 is 0 Å². The van der Waals surface area contributed by atoms with Crippen molar-refractivity contribution in [3.05, 3.63) is 78.0 Å². The number of amides is 2.